The summed E-state index contributed by atoms with van der Waals surface area (Å²) in [6, 6.07) is 1.14. The van der Waals surface area contributed by atoms with Gasteiger partial charge in [-0.3, -0.25) is 9.58 Å². The number of aryl methyl sites for hydroxylation is 2. The number of aliphatic hydroxyl groups excluding tert-OH is 1. The van der Waals surface area contributed by atoms with Crippen molar-refractivity contribution in [1.82, 2.24) is 14.7 Å². The van der Waals surface area contributed by atoms with E-state index >= 15 is 0 Å². The first-order valence-electron chi connectivity index (χ1n) is 7.75. The molecule has 112 valence electrons. The average molecular weight is 278 g/mol. The van der Waals surface area contributed by atoms with Crippen LogP contribution in [-0.4, -0.2) is 51.5 Å². The van der Waals surface area contributed by atoms with Crippen molar-refractivity contribution in [3.8, 4) is 0 Å². The van der Waals surface area contributed by atoms with Crippen LogP contribution >= 0.6 is 0 Å². The molecule has 2 atom stereocenters. The Kier molecular flexibility index (Phi) is 3.73. The largest absolute Gasteiger partial charge is 0.391 e. The molecule has 2 saturated heterocycles. The molecule has 0 radical (unpaired) electrons. The minimum atomic E-state index is 0.0760. The maximum Gasteiger partial charge on any atom is 0.132 e. The molecule has 0 aliphatic carbocycles. The Bertz CT molecular complexity index is 484. The number of aromatic nitrogens is 2. The molecule has 0 bridgehead atoms. The van der Waals surface area contributed by atoms with Crippen molar-refractivity contribution in [2.45, 2.75) is 51.8 Å². The Balaban J connectivity index is 1.89. The number of anilines is 1. The van der Waals surface area contributed by atoms with Crippen molar-refractivity contribution < 1.29 is 5.11 Å². The monoisotopic (exact) mass is 278 g/mol. The van der Waals surface area contributed by atoms with E-state index in [4.69, 9.17) is 0 Å². The summed E-state index contributed by atoms with van der Waals surface area (Å²) in [6.45, 7) is 7.78. The minimum absolute atomic E-state index is 0.0760. The molecule has 0 saturated carbocycles. The summed E-state index contributed by atoms with van der Waals surface area (Å²) in [4.78, 5) is 5.10. The molecule has 5 nitrogen and oxygen atoms in total. The van der Waals surface area contributed by atoms with Crippen LogP contribution in [0.25, 0.3) is 0 Å². The quantitative estimate of drug-likeness (QED) is 0.885. The van der Waals surface area contributed by atoms with Gasteiger partial charge in [0.1, 0.15) is 5.82 Å². The molecule has 2 unspecified atom stereocenters. The highest BCUT2D eigenvalue weighted by Crippen LogP contribution is 2.31. The number of aliphatic hydroxyl groups is 1. The van der Waals surface area contributed by atoms with Gasteiger partial charge in [0.25, 0.3) is 0 Å². The highest BCUT2D eigenvalue weighted by molar-refractivity contribution is 5.51. The Labute approximate surface area is 121 Å². The van der Waals surface area contributed by atoms with Crippen LogP contribution < -0.4 is 4.90 Å². The van der Waals surface area contributed by atoms with Crippen molar-refractivity contribution in [1.29, 1.82) is 0 Å². The van der Waals surface area contributed by atoms with Crippen LogP contribution in [0.1, 0.15) is 37.4 Å². The first-order chi connectivity index (χ1) is 9.61. The summed E-state index contributed by atoms with van der Waals surface area (Å²) in [6.07, 6.45) is 3.99. The van der Waals surface area contributed by atoms with Gasteiger partial charge < -0.3 is 10.0 Å². The Hall–Kier alpha value is -1.07. The van der Waals surface area contributed by atoms with Gasteiger partial charge in [-0.15, -0.1) is 0 Å². The maximum atomic E-state index is 9.67. The molecule has 1 aromatic heterocycles. The van der Waals surface area contributed by atoms with E-state index in [-0.39, 0.29) is 6.61 Å². The molecule has 2 aliphatic heterocycles. The second-order valence-corrected chi connectivity index (χ2v) is 6.32. The van der Waals surface area contributed by atoms with Crippen molar-refractivity contribution in [3.63, 3.8) is 0 Å². The fraction of sp³-hybridized carbons (Fsp3) is 0.800. The molecule has 1 N–H and O–H groups in total. The van der Waals surface area contributed by atoms with Gasteiger partial charge in [-0.2, -0.15) is 5.10 Å². The van der Waals surface area contributed by atoms with Crippen molar-refractivity contribution in [2.24, 2.45) is 7.05 Å². The summed E-state index contributed by atoms with van der Waals surface area (Å²) in [7, 11) is 1.99. The third-order valence-corrected chi connectivity index (χ3v) is 4.93. The van der Waals surface area contributed by atoms with Crippen LogP contribution in [-0.2, 0) is 13.7 Å². The third-order valence-electron chi connectivity index (χ3n) is 4.93. The molecule has 3 rings (SSSR count). The van der Waals surface area contributed by atoms with Crippen LogP contribution in [0.3, 0.4) is 0 Å². The lowest BCUT2D eigenvalue weighted by atomic mass is 9.97. The molecule has 20 heavy (non-hydrogen) atoms. The molecule has 2 aliphatic rings. The van der Waals surface area contributed by atoms with Crippen molar-refractivity contribution in [2.75, 3.05) is 24.5 Å². The van der Waals surface area contributed by atoms with Crippen LogP contribution in [0.2, 0.25) is 0 Å². The molecule has 5 heteroatoms. The zero-order chi connectivity index (χ0) is 14.3. The van der Waals surface area contributed by atoms with Crippen LogP contribution in [0.4, 0.5) is 5.82 Å². The number of piperazine rings is 1. The minimum Gasteiger partial charge on any atom is -0.391 e. The summed E-state index contributed by atoms with van der Waals surface area (Å²) >= 11 is 0. The van der Waals surface area contributed by atoms with E-state index in [1.807, 2.05) is 18.7 Å². The van der Waals surface area contributed by atoms with Gasteiger partial charge >= 0.3 is 0 Å². The number of fused-ring (bicyclic) bond motifs is 1. The molecule has 1 aromatic rings. The predicted molar refractivity (Wildman–Crippen MR) is 79.9 cm³/mol. The van der Waals surface area contributed by atoms with E-state index < -0.39 is 0 Å². The Morgan fingerprint density at radius 2 is 2.10 bits per heavy atom. The average Bonchev–Trinajstić information content (AvgIpc) is 2.72. The van der Waals surface area contributed by atoms with E-state index in [2.05, 4.69) is 21.8 Å². The molecule has 3 heterocycles. The normalized spacial score (nSPS) is 27.7. The topological polar surface area (TPSA) is 44.5 Å². The van der Waals surface area contributed by atoms with Gasteiger partial charge in [-0.05, 0) is 33.2 Å². The number of hydrogen-bond donors (Lipinski definition) is 1. The highest BCUT2D eigenvalue weighted by atomic mass is 16.3. The van der Waals surface area contributed by atoms with Gasteiger partial charge in [-0.25, -0.2) is 0 Å². The van der Waals surface area contributed by atoms with E-state index in [9.17, 15) is 5.11 Å². The fourth-order valence-electron chi connectivity index (χ4n) is 3.88. The summed E-state index contributed by atoms with van der Waals surface area (Å²) in [5.41, 5.74) is 1.94. The summed E-state index contributed by atoms with van der Waals surface area (Å²) < 4.78 is 1.94. The number of nitrogens with zero attached hydrogens (tertiary/aromatic N) is 4. The predicted octanol–water partition coefficient (Wildman–Crippen LogP) is 1.28. The molecule has 0 amide bonds. The second kappa shape index (κ2) is 5.37. The summed E-state index contributed by atoms with van der Waals surface area (Å²) in [5, 5.41) is 14.2. The molecule has 0 aromatic carbocycles. The zero-order valence-corrected chi connectivity index (χ0v) is 12.8. The van der Waals surface area contributed by atoms with Gasteiger partial charge in [0.2, 0.25) is 0 Å². The van der Waals surface area contributed by atoms with E-state index in [1.54, 1.807) is 0 Å². The molecule has 0 spiro atoms. The summed E-state index contributed by atoms with van der Waals surface area (Å²) in [5.74, 6) is 1.11. The molecule has 2 fully saturated rings. The fourth-order valence-corrected chi connectivity index (χ4v) is 3.88. The highest BCUT2D eigenvalue weighted by Gasteiger charge is 2.35. The zero-order valence-electron chi connectivity index (χ0n) is 12.8. The molecular formula is C15H26N4O. The lowest BCUT2D eigenvalue weighted by Crippen LogP contribution is -2.59. The second-order valence-electron chi connectivity index (χ2n) is 6.32. The SMILES string of the molecule is Cc1nn(C)c(N2CC3CCCCN3CC2C)c1CO. The van der Waals surface area contributed by atoms with Gasteiger partial charge in [0, 0.05) is 37.8 Å². The van der Waals surface area contributed by atoms with Crippen molar-refractivity contribution in [3.05, 3.63) is 11.3 Å². The number of hydrogen-bond acceptors (Lipinski definition) is 4. The number of piperidine rings is 1. The third kappa shape index (κ3) is 2.23. The van der Waals surface area contributed by atoms with E-state index in [0.29, 0.717) is 12.1 Å². The van der Waals surface area contributed by atoms with Crippen LogP contribution in [0, 0.1) is 6.92 Å². The lowest BCUT2D eigenvalue weighted by molar-refractivity contribution is 0.114. The molecular weight excluding hydrogens is 252 g/mol. The first-order valence-corrected chi connectivity index (χ1v) is 7.75. The number of rotatable bonds is 2. The lowest BCUT2D eigenvalue weighted by Gasteiger charge is -2.48. The Morgan fingerprint density at radius 3 is 2.85 bits per heavy atom. The maximum absolute atomic E-state index is 9.67. The van der Waals surface area contributed by atoms with E-state index in [1.165, 1.54) is 25.8 Å². The van der Waals surface area contributed by atoms with E-state index in [0.717, 1.165) is 30.2 Å². The van der Waals surface area contributed by atoms with Gasteiger partial charge in [0.05, 0.1) is 12.3 Å². The Morgan fingerprint density at radius 1 is 1.30 bits per heavy atom. The van der Waals surface area contributed by atoms with Crippen LogP contribution in [0.15, 0.2) is 0 Å². The van der Waals surface area contributed by atoms with Gasteiger partial charge in [-0.1, -0.05) is 6.42 Å². The smallest absolute Gasteiger partial charge is 0.132 e. The first kappa shape index (κ1) is 13.9. The van der Waals surface area contributed by atoms with Crippen molar-refractivity contribution >= 4 is 5.82 Å². The van der Waals surface area contributed by atoms with Gasteiger partial charge in [0.15, 0.2) is 0 Å². The van der Waals surface area contributed by atoms with Crippen LogP contribution in [0.5, 0.6) is 0 Å². The standard InChI is InChI=1S/C15H26N4O/c1-11-8-18-7-5-4-6-13(18)9-19(11)15-14(10-20)12(2)16-17(15)3/h11,13,20H,4-10H2,1-3H3.